The average Bonchev–Trinajstić information content (AvgIpc) is 2.84. The fourth-order valence-corrected chi connectivity index (χ4v) is 2.97. The molecule has 0 aliphatic carbocycles. The number of nitrogens with zero attached hydrogens (tertiary/aromatic N) is 1. The third-order valence-corrected chi connectivity index (χ3v) is 4.66. The molecule has 1 aromatic carbocycles. The van der Waals surface area contributed by atoms with Crippen molar-refractivity contribution in [3.8, 4) is 6.07 Å². The van der Waals surface area contributed by atoms with E-state index in [1.807, 2.05) is 13.0 Å². The molecule has 0 saturated heterocycles. The minimum atomic E-state index is -3.71. The van der Waals surface area contributed by atoms with Crippen LogP contribution >= 0.6 is 11.3 Å². The van der Waals surface area contributed by atoms with Gasteiger partial charge in [-0.2, -0.15) is 5.26 Å². The SMILES string of the molecule is Cc1ccc(S(N)(=O)=O)cc1NCc1ccc(C#N)s1. The van der Waals surface area contributed by atoms with Crippen LogP contribution in [-0.2, 0) is 16.6 Å². The summed E-state index contributed by atoms with van der Waals surface area (Å²) in [7, 11) is -3.71. The molecule has 0 saturated carbocycles. The molecule has 0 spiro atoms. The second-order valence-corrected chi connectivity index (χ2v) is 6.98. The molecule has 0 atom stereocenters. The van der Waals surface area contributed by atoms with E-state index in [2.05, 4.69) is 11.4 Å². The Morgan fingerprint density at radius 3 is 2.70 bits per heavy atom. The van der Waals surface area contributed by atoms with Crippen LogP contribution in [0, 0.1) is 18.3 Å². The van der Waals surface area contributed by atoms with Gasteiger partial charge in [0.25, 0.3) is 0 Å². The highest BCUT2D eigenvalue weighted by Crippen LogP contribution is 2.22. The van der Waals surface area contributed by atoms with Gasteiger partial charge < -0.3 is 5.32 Å². The predicted molar refractivity (Wildman–Crippen MR) is 78.9 cm³/mol. The van der Waals surface area contributed by atoms with Crippen molar-refractivity contribution in [3.05, 3.63) is 45.6 Å². The number of thiophene rings is 1. The second-order valence-electron chi connectivity index (χ2n) is 4.25. The molecule has 1 aromatic heterocycles. The zero-order chi connectivity index (χ0) is 14.8. The van der Waals surface area contributed by atoms with Crippen molar-refractivity contribution in [1.29, 1.82) is 5.26 Å². The molecule has 3 N–H and O–H groups in total. The summed E-state index contributed by atoms with van der Waals surface area (Å²) in [6, 6.07) is 10.4. The van der Waals surface area contributed by atoms with E-state index in [9.17, 15) is 8.42 Å². The fourth-order valence-electron chi connectivity index (χ4n) is 1.68. The summed E-state index contributed by atoms with van der Waals surface area (Å²) in [5, 5.41) is 17.0. The zero-order valence-electron chi connectivity index (χ0n) is 10.8. The molecule has 0 fully saturated rings. The van der Waals surface area contributed by atoms with Gasteiger partial charge >= 0.3 is 0 Å². The lowest BCUT2D eigenvalue weighted by molar-refractivity contribution is 0.598. The van der Waals surface area contributed by atoms with Crippen molar-refractivity contribution in [2.45, 2.75) is 18.4 Å². The van der Waals surface area contributed by atoms with E-state index in [1.54, 1.807) is 12.1 Å². The number of hydrogen-bond donors (Lipinski definition) is 2. The number of hydrogen-bond acceptors (Lipinski definition) is 5. The van der Waals surface area contributed by atoms with Crippen LogP contribution < -0.4 is 10.5 Å². The maximum atomic E-state index is 11.3. The number of nitrogens with one attached hydrogen (secondary N) is 1. The normalized spacial score (nSPS) is 11.1. The lowest BCUT2D eigenvalue weighted by Gasteiger charge is -2.10. The lowest BCUT2D eigenvalue weighted by atomic mass is 10.2. The molecule has 0 aliphatic heterocycles. The lowest BCUT2D eigenvalue weighted by Crippen LogP contribution is -2.12. The number of benzene rings is 1. The van der Waals surface area contributed by atoms with Gasteiger partial charge in [-0.05, 0) is 36.8 Å². The van der Waals surface area contributed by atoms with E-state index >= 15 is 0 Å². The standard InChI is InChI=1S/C13H13N3O2S2/c1-9-2-5-12(20(15,17)18)6-13(9)16-8-11-4-3-10(7-14)19-11/h2-6,16H,8H2,1H3,(H2,15,17,18). The quantitative estimate of drug-likeness (QED) is 0.905. The third kappa shape index (κ3) is 3.36. The Kier molecular flexibility index (Phi) is 4.09. The van der Waals surface area contributed by atoms with Crippen LogP contribution in [0.25, 0.3) is 0 Å². The van der Waals surface area contributed by atoms with Gasteiger partial charge in [-0.15, -0.1) is 11.3 Å². The molecule has 0 amide bonds. The van der Waals surface area contributed by atoms with Gasteiger partial charge in [0, 0.05) is 17.1 Å². The Balaban J connectivity index is 2.19. The number of anilines is 1. The zero-order valence-corrected chi connectivity index (χ0v) is 12.4. The number of primary sulfonamides is 1. The molecule has 7 heteroatoms. The monoisotopic (exact) mass is 307 g/mol. The van der Waals surface area contributed by atoms with Gasteiger partial charge in [-0.25, -0.2) is 13.6 Å². The second kappa shape index (κ2) is 5.63. The Morgan fingerprint density at radius 1 is 1.35 bits per heavy atom. The van der Waals surface area contributed by atoms with E-state index in [4.69, 9.17) is 10.4 Å². The summed E-state index contributed by atoms with van der Waals surface area (Å²) < 4.78 is 22.7. The van der Waals surface area contributed by atoms with Gasteiger partial charge in [-0.3, -0.25) is 0 Å². The molecule has 5 nitrogen and oxygen atoms in total. The summed E-state index contributed by atoms with van der Waals surface area (Å²) in [5.41, 5.74) is 1.64. The van der Waals surface area contributed by atoms with Gasteiger partial charge in [0.1, 0.15) is 10.9 Å². The predicted octanol–water partition coefficient (Wildman–Crippen LogP) is 2.19. The molecule has 104 valence electrons. The van der Waals surface area contributed by atoms with Crippen LogP contribution in [0.2, 0.25) is 0 Å². The highest BCUT2D eigenvalue weighted by molar-refractivity contribution is 7.89. The van der Waals surface area contributed by atoms with Crippen LogP contribution in [0.5, 0.6) is 0 Å². The van der Waals surface area contributed by atoms with Crippen molar-refractivity contribution in [1.82, 2.24) is 0 Å². The summed E-state index contributed by atoms with van der Waals surface area (Å²) in [4.78, 5) is 1.73. The summed E-state index contributed by atoms with van der Waals surface area (Å²) in [6.07, 6.45) is 0. The average molecular weight is 307 g/mol. The first-order chi connectivity index (χ1) is 9.40. The molecule has 0 radical (unpaired) electrons. The summed E-state index contributed by atoms with van der Waals surface area (Å²) in [6.45, 7) is 2.41. The minimum Gasteiger partial charge on any atom is -0.380 e. The molecule has 0 unspecified atom stereocenters. The smallest absolute Gasteiger partial charge is 0.238 e. The van der Waals surface area contributed by atoms with Crippen LogP contribution in [-0.4, -0.2) is 8.42 Å². The maximum absolute atomic E-state index is 11.3. The fraction of sp³-hybridized carbons (Fsp3) is 0.154. The Bertz CT molecular complexity index is 773. The molecule has 1 heterocycles. The van der Waals surface area contributed by atoms with Crippen LogP contribution in [0.3, 0.4) is 0 Å². The summed E-state index contributed by atoms with van der Waals surface area (Å²) in [5.74, 6) is 0. The van der Waals surface area contributed by atoms with Gasteiger partial charge in [0.15, 0.2) is 0 Å². The minimum absolute atomic E-state index is 0.0782. The molecular formula is C13H13N3O2S2. The van der Waals surface area contributed by atoms with Gasteiger partial charge in [0.2, 0.25) is 10.0 Å². The number of nitrogens with two attached hydrogens (primary N) is 1. The van der Waals surface area contributed by atoms with Crippen molar-refractivity contribution in [3.63, 3.8) is 0 Å². The number of nitriles is 1. The van der Waals surface area contributed by atoms with Crippen molar-refractivity contribution < 1.29 is 8.42 Å². The molecule has 0 bridgehead atoms. The van der Waals surface area contributed by atoms with Gasteiger partial charge in [-0.1, -0.05) is 6.07 Å². The van der Waals surface area contributed by atoms with Crippen molar-refractivity contribution in [2.75, 3.05) is 5.32 Å². The van der Waals surface area contributed by atoms with E-state index in [0.29, 0.717) is 17.1 Å². The van der Waals surface area contributed by atoms with Crippen LogP contribution in [0.4, 0.5) is 5.69 Å². The van der Waals surface area contributed by atoms with Crippen molar-refractivity contribution >= 4 is 27.0 Å². The third-order valence-electron chi connectivity index (χ3n) is 2.76. The first-order valence-electron chi connectivity index (χ1n) is 5.76. The first-order valence-corrected chi connectivity index (χ1v) is 8.12. The number of aryl methyl sites for hydroxylation is 1. The number of rotatable bonds is 4. The van der Waals surface area contributed by atoms with E-state index in [0.717, 1.165) is 10.4 Å². The van der Waals surface area contributed by atoms with E-state index < -0.39 is 10.0 Å². The Hall–Kier alpha value is -1.88. The summed E-state index contributed by atoms with van der Waals surface area (Å²) >= 11 is 1.40. The molecular weight excluding hydrogens is 294 g/mol. The van der Waals surface area contributed by atoms with E-state index in [1.165, 1.54) is 23.5 Å². The molecule has 0 aliphatic rings. The van der Waals surface area contributed by atoms with Crippen LogP contribution in [0.15, 0.2) is 35.2 Å². The van der Waals surface area contributed by atoms with E-state index in [-0.39, 0.29) is 4.90 Å². The Labute approximate surface area is 121 Å². The Morgan fingerprint density at radius 2 is 2.10 bits per heavy atom. The molecule has 2 rings (SSSR count). The van der Waals surface area contributed by atoms with Gasteiger partial charge in [0.05, 0.1) is 4.90 Å². The highest BCUT2D eigenvalue weighted by atomic mass is 32.2. The largest absolute Gasteiger partial charge is 0.380 e. The first kappa shape index (κ1) is 14.5. The molecule has 2 aromatic rings. The maximum Gasteiger partial charge on any atom is 0.238 e. The van der Waals surface area contributed by atoms with Crippen molar-refractivity contribution in [2.24, 2.45) is 5.14 Å². The number of sulfonamides is 1. The topological polar surface area (TPSA) is 96.0 Å². The van der Waals surface area contributed by atoms with Crippen LogP contribution in [0.1, 0.15) is 15.3 Å². The molecule has 20 heavy (non-hydrogen) atoms. The highest BCUT2D eigenvalue weighted by Gasteiger charge is 2.10.